The van der Waals surface area contributed by atoms with E-state index in [1.54, 1.807) is 12.1 Å². The highest BCUT2D eigenvalue weighted by molar-refractivity contribution is 5.83. The van der Waals surface area contributed by atoms with Gasteiger partial charge in [-0.2, -0.15) is 0 Å². The molecule has 2 rings (SSSR count). The van der Waals surface area contributed by atoms with Crippen LogP contribution in [0, 0.1) is 17.2 Å². The average Bonchev–Trinajstić information content (AvgIpc) is 3.35. The summed E-state index contributed by atoms with van der Waals surface area (Å²) < 4.78 is 13.1. The van der Waals surface area contributed by atoms with E-state index in [9.17, 15) is 9.18 Å². The zero-order valence-electron chi connectivity index (χ0n) is 13.6. The number of nitrogens with zero attached hydrogens (tertiary/aromatic N) is 1. The summed E-state index contributed by atoms with van der Waals surface area (Å²) in [5.74, 6) is 0.520. The van der Waals surface area contributed by atoms with Gasteiger partial charge in [0, 0.05) is 19.6 Å². The second-order valence-electron chi connectivity index (χ2n) is 6.45. The third-order valence-corrected chi connectivity index (χ3v) is 4.95. The lowest BCUT2D eigenvalue weighted by Crippen LogP contribution is -2.48. The van der Waals surface area contributed by atoms with Crippen molar-refractivity contribution in [1.29, 1.82) is 0 Å². The third kappa shape index (κ3) is 3.86. The van der Waals surface area contributed by atoms with E-state index >= 15 is 0 Å². The fourth-order valence-corrected chi connectivity index (χ4v) is 2.91. The smallest absolute Gasteiger partial charge is 0.230 e. The van der Waals surface area contributed by atoms with E-state index in [1.807, 2.05) is 18.7 Å². The summed E-state index contributed by atoms with van der Waals surface area (Å²) in [7, 11) is 0. The molecule has 122 valence electrons. The normalized spacial score (nSPS) is 14.9. The second-order valence-corrected chi connectivity index (χ2v) is 6.45. The highest BCUT2D eigenvalue weighted by Gasteiger charge is 2.38. The van der Waals surface area contributed by atoms with Crippen LogP contribution in [0.25, 0.3) is 0 Å². The van der Waals surface area contributed by atoms with Gasteiger partial charge in [-0.1, -0.05) is 26.0 Å². The molecule has 0 bridgehead atoms. The lowest BCUT2D eigenvalue weighted by molar-refractivity contribution is -0.143. The molecule has 0 radical (unpaired) electrons. The first-order valence-electron chi connectivity index (χ1n) is 8.28. The molecular weight excluding hydrogens is 279 g/mol. The van der Waals surface area contributed by atoms with Gasteiger partial charge >= 0.3 is 0 Å². The Kier molecular flexibility index (Phi) is 5.57. The van der Waals surface area contributed by atoms with Gasteiger partial charge in [-0.05, 0) is 49.3 Å². The van der Waals surface area contributed by atoms with E-state index in [0.717, 1.165) is 24.9 Å². The molecule has 0 atom stereocenters. The molecule has 1 aliphatic carbocycles. The van der Waals surface area contributed by atoms with Crippen LogP contribution in [-0.4, -0.2) is 23.9 Å². The number of carbonyl (C=O) groups excluding carboxylic acids is 1. The highest BCUT2D eigenvalue weighted by Crippen LogP contribution is 2.34. The fourth-order valence-electron chi connectivity index (χ4n) is 2.91. The molecule has 0 spiro atoms. The molecule has 3 nitrogen and oxygen atoms in total. The minimum Gasteiger partial charge on any atom is -0.338 e. The van der Waals surface area contributed by atoms with Crippen LogP contribution < -0.4 is 5.73 Å². The van der Waals surface area contributed by atoms with Crippen molar-refractivity contribution in [3.05, 3.63) is 35.6 Å². The summed E-state index contributed by atoms with van der Waals surface area (Å²) in [5.41, 5.74) is 6.43. The van der Waals surface area contributed by atoms with Crippen molar-refractivity contribution >= 4 is 5.91 Å². The SMILES string of the molecule is CCC(CC)(CN)C(=O)N(Cc1ccc(F)cc1)CC1CC1. The first-order valence-corrected chi connectivity index (χ1v) is 8.28. The Balaban J connectivity index is 2.17. The molecule has 0 aliphatic heterocycles. The molecule has 4 heteroatoms. The van der Waals surface area contributed by atoms with E-state index in [1.165, 1.54) is 25.0 Å². The molecule has 0 aromatic heterocycles. The number of hydrogen-bond donors (Lipinski definition) is 1. The minimum absolute atomic E-state index is 0.149. The molecule has 1 aliphatic rings. The molecule has 22 heavy (non-hydrogen) atoms. The van der Waals surface area contributed by atoms with Gasteiger partial charge < -0.3 is 10.6 Å². The van der Waals surface area contributed by atoms with E-state index < -0.39 is 5.41 Å². The molecule has 0 unspecified atom stereocenters. The topological polar surface area (TPSA) is 46.3 Å². The minimum atomic E-state index is -0.463. The molecule has 1 saturated carbocycles. The summed E-state index contributed by atoms with van der Waals surface area (Å²) in [6, 6.07) is 6.41. The predicted molar refractivity (Wildman–Crippen MR) is 86.6 cm³/mol. The van der Waals surface area contributed by atoms with Crippen LogP contribution in [0.2, 0.25) is 0 Å². The van der Waals surface area contributed by atoms with Crippen LogP contribution in [-0.2, 0) is 11.3 Å². The summed E-state index contributed by atoms with van der Waals surface area (Å²) in [5, 5.41) is 0. The Morgan fingerprint density at radius 3 is 2.32 bits per heavy atom. The monoisotopic (exact) mass is 306 g/mol. The van der Waals surface area contributed by atoms with Gasteiger partial charge in [0.05, 0.1) is 5.41 Å². The summed E-state index contributed by atoms with van der Waals surface area (Å²) in [6.07, 6.45) is 3.90. The van der Waals surface area contributed by atoms with Gasteiger partial charge in [0.1, 0.15) is 5.82 Å². The van der Waals surface area contributed by atoms with Crippen molar-refractivity contribution in [3.8, 4) is 0 Å². The quantitative estimate of drug-likeness (QED) is 0.801. The molecule has 0 heterocycles. The number of nitrogens with two attached hydrogens (primary N) is 1. The van der Waals surface area contributed by atoms with Crippen molar-refractivity contribution in [3.63, 3.8) is 0 Å². The van der Waals surface area contributed by atoms with Gasteiger partial charge in [-0.25, -0.2) is 4.39 Å². The lowest BCUT2D eigenvalue weighted by Gasteiger charge is -2.35. The van der Waals surface area contributed by atoms with E-state index in [4.69, 9.17) is 5.73 Å². The van der Waals surface area contributed by atoms with Crippen LogP contribution in [0.1, 0.15) is 45.1 Å². The summed E-state index contributed by atoms with van der Waals surface area (Å²) in [4.78, 5) is 15.0. The second kappa shape index (κ2) is 7.23. The van der Waals surface area contributed by atoms with Crippen molar-refractivity contribution in [2.45, 2.75) is 46.1 Å². The molecule has 2 N–H and O–H groups in total. The maximum atomic E-state index is 13.1. The number of benzene rings is 1. The van der Waals surface area contributed by atoms with Crippen molar-refractivity contribution < 1.29 is 9.18 Å². The van der Waals surface area contributed by atoms with Crippen LogP contribution >= 0.6 is 0 Å². The van der Waals surface area contributed by atoms with E-state index in [0.29, 0.717) is 19.0 Å². The van der Waals surface area contributed by atoms with Crippen LogP contribution in [0.5, 0.6) is 0 Å². The number of hydrogen-bond acceptors (Lipinski definition) is 2. The Bertz CT molecular complexity index is 484. The summed E-state index contributed by atoms with van der Waals surface area (Å²) >= 11 is 0. The van der Waals surface area contributed by atoms with Gasteiger partial charge in [0.2, 0.25) is 5.91 Å². The van der Waals surface area contributed by atoms with E-state index in [-0.39, 0.29) is 11.7 Å². The Labute approximate surface area is 132 Å². The Morgan fingerprint density at radius 1 is 1.27 bits per heavy atom. The zero-order chi connectivity index (χ0) is 16.2. The number of carbonyl (C=O) groups is 1. The molecule has 1 fully saturated rings. The van der Waals surface area contributed by atoms with Crippen LogP contribution in [0.3, 0.4) is 0 Å². The van der Waals surface area contributed by atoms with Crippen LogP contribution in [0.4, 0.5) is 4.39 Å². The fraction of sp³-hybridized carbons (Fsp3) is 0.611. The van der Waals surface area contributed by atoms with Gasteiger partial charge in [-0.15, -0.1) is 0 Å². The maximum Gasteiger partial charge on any atom is 0.230 e. The van der Waals surface area contributed by atoms with Gasteiger partial charge in [0.25, 0.3) is 0 Å². The standard InChI is InChI=1S/C18H27FN2O/c1-3-18(4-2,13-20)17(22)21(11-14-5-6-14)12-15-7-9-16(19)10-8-15/h7-10,14H,3-6,11-13,20H2,1-2H3. The molecule has 1 aromatic rings. The zero-order valence-corrected chi connectivity index (χ0v) is 13.6. The number of rotatable bonds is 8. The number of amides is 1. The Morgan fingerprint density at radius 2 is 1.86 bits per heavy atom. The predicted octanol–water partition coefficient (Wildman–Crippen LogP) is 3.33. The molecule has 1 amide bonds. The highest BCUT2D eigenvalue weighted by atomic mass is 19.1. The first kappa shape index (κ1) is 16.9. The van der Waals surface area contributed by atoms with E-state index in [2.05, 4.69) is 0 Å². The number of halogens is 1. The average molecular weight is 306 g/mol. The first-order chi connectivity index (χ1) is 10.5. The van der Waals surface area contributed by atoms with Crippen molar-refractivity contribution in [1.82, 2.24) is 4.90 Å². The summed E-state index contributed by atoms with van der Waals surface area (Å²) in [6.45, 7) is 5.77. The van der Waals surface area contributed by atoms with Crippen LogP contribution in [0.15, 0.2) is 24.3 Å². The molecular formula is C18H27FN2O. The Hall–Kier alpha value is -1.42. The molecule has 0 saturated heterocycles. The van der Waals surface area contributed by atoms with Gasteiger partial charge in [0.15, 0.2) is 0 Å². The lowest BCUT2D eigenvalue weighted by atomic mass is 9.80. The third-order valence-electron chi connectivity index (χ3n) is 4.95. The van der Waals surface area contributed by atoms with Crippen molar-refractivity contribution in [2.75, 3.05) is 13.1 Å². The van der Waals surface area contributed by atoms with Crippen molar-refractivity contribution in [2.24, 2.45) is 17.1 Å². The molecule has 1 aromatic carbocycles. The van der Waals surface area contributed by atoms with Gasteiger partial charge in [-0.3, -0.25) is 4.79 Å². The maximum absolute atomic E-state index is 13.1. The largest absolute Gasteiger partial charge is 0.338 e.